The van der Waals surface area contributed by atoms with Gasteiger partial charge in [-0.15, -0.1) is 0 Å². The molecule has 0 aromatic heterocycles. The highest BCUT2D eigenvalue weighted by molar-refractivity contribution is 8.06. The van der Waals surface area contributed by atoms with E-state index in [0.717, 1.165) is 0 Å². The highest BCUT2D eigenvalue weighted by Gasteiger charge is 1.96. The van der Waals surface area contributed by atoms with Gasteiger partial charge in [0.25, 0.3) is 0 Å². The summed E-state index contributed by atoms with van der Waals surface area (Å²) < 4.78 is 0. The molecule has 0 aromatic carbocycles. The molecular formula is C8H16S4. The minimum absolute atomic E-state index is 1.38. The van der Waals surface area contributed by atoms with Crippen LogP contribution in [-0.4, -0.2) is 46.0 Å². The number of rotatable bonds is 0. The fourth-order valence-corrected chi connectivity index (χ4v) is 5.47. The molecular weight excluding hydrogens is 224 g/mol. The molecule has 0 amide bonds. The van der Waals surface area contributed by atoms with Crippen molar-refractivity contribution in [2.75, 3.05) is 46.0 Å². The van der Waals surface area contributed by atoms with Gasteiger partial charge < -0.3 is 0 Å². The van der Waals surface area contributed by atoms with Crippen LogP contribution < -0.4 is 0 Å². The van der Waals surface area contributed by atoms with E-state index in [1.807, 2.05) is 0 Å². The van der Waals surface area contributed by atoms with Crippen LogP contribution in [0.4, 0.5) is 0 Å². The van der Waals surface area contributed by atoms with E-state index in [-0.39, 0.29) is 0 Å². The summed E-state index contributed by atoms with van der Waals surface area (Å²) in [5, 5.41) is 0. The third-order valence-electron chi connectivity index (χ3n) is 1.49. The summed E-state index contributed by atoms with van der Waals surface area (Å²) >= 11 is 8.30. The first kappa shape index (κ1) is 11.5. The van der Waals surface area contributed by atoms with Crippen LogP contribution in [0.2, 0.25) is 0 Å². The van der Waals surface area contributed by atoms with E-state index in [2.05, 4.69) is 47.0 Å². The van der Waals surface area contributed by atoms with E-state index in [4.69, 9.17) is 0 Å². The molecule has 0 bridgehead atoms. The summed E-state index contributed by atoms with van der Waals surface area (Å²) in [5.41, 5.74) is 0. The molecule has 2 heterocycles. The fraction of sp³-hybridized carbons (Fsp3) is 1.00. The lowest BCUT2D eigenvalue weighted by atomic mass is 10.9. The van der Waals surface area contributed by atoms with Crippen molar-refractivity contribution < 1.29 is 0 Å². The van der Waals surface area contributed by atoms with Crippen LogP contribution in [0.1, 0.15) is 0 Å². The van der Waals surface area contributed by atoms with Crippen molar-refractivity contribution in [2.24, 2.45) is 0 Å². The molecule has 0 radical (unpaired) electrons. The predicted octanol–water partition coefficient (Wildman–Crippen LogP) is 2.93. The quantitative estimate of drug-likeness (QED) is 0.638. The van der Waals surface area contributed by atoms with Gasteiger partial charge in [0, 0.05) is 46.0 Å². The van der Waals surface area contributed by atoms with Crippen LogP contribution >= 0.6 is 47.0 Å². The Morgan fingerprint density at radius 2 is 0.500 bits per heavy atom. The molecule has 2 fully saturated rings. The molecule has 0 nitrogen and oxygen atoms in total. The van der Waals surface area contributed by atoms with Gasteiger partial charge in [-0.05, 0) is 0 Å². The summed E-state index contributed by atoms with van der Waals surface area (Å²) in [4.78, 5) is 0. The molecule has 2 aliphatic heterocycles. The van der Waals surface area contributed by atoms with Crippen molar-refractivity contribution in [3.63, 3.8) is 0 Å². The van der Waals surface area contributed by atoms with Gasteiger partial charge in [0.05, 0.1) is 0 Å². The molecule has 0 aromatic rings. The number of hydrogen-bond donors (Lipinski definition) is 0. The molecule has 12 heavy (non-hydrogen) atoms. The van der Waals surface area contributed by atoms with E-state index in [0.29, 0.717) is 0 Å². The van der Waals surface area contributed by atoms with E-state index in [1.165, 1.54) is 46.0 Å². The summed E-state index contributed by atoms with van der Waals surface area (Å²) in [7, 11) is 0. The fourth-order valence-electron chi connectivity index (χ4n) is 0.880. The van der Waals surface area contributed by atoms with Gasteiger partial charge >= 0.3 is 0 Å². The topological polar surface area (TPSA) is 0 Å². The zero-order chi connectivity index (χ0) is 8.49. The molecule has 0 atom stereocenters. The largest absolute Gasteiger partial charge is 0.160 e. The van der Waals surface area contributed by atoms with E-state index in [9.17, 15) is 0 Å². The summed E-state index contributed by atoms with van der Waals surface area (Å²) in [5.74, 6) is 11.0. The summed E-state index contributed by atoms with van der Waals surface area (Å²) in [6, 6.07) is 0. The maximum absolute atomic E-state index is 2.07. The van der Waals surface area contributed by atoms with E-state index < -0.39 is 0 Å². The first-order valence-corrected chi connectivity index (χ1v) is 8.93. The molecule has 72 valence electrons. The van der Waals surface area contributed by atoms with Crippen molar-refractivity contribution in [2.45, 2.75) is 0 Å². The Hall–Kier alpha value is 1.40. The molecule has 0 aliphatic carbocycles. The Bertz CT molecular complexity index is 54.0. The normalized spacial score (nSPS) is 24.0. The average Bonchev–Trinajstić information content (AvgIpc) is 2.24. The van der Waals surface area contributed by atoms with Crippen molar-refractivity contribution in [3.05, 3.63) is 0 Å². The third-order valence-corrected chi connectivity index (χ3v) is 6.46. The van der Waals surface area contributed by atoms with Crippen LogP contribution in [0.25, 0.3) is 0 Å². The van der Waals surface area contributed by atoms with Gasteiger partial charge in [-0.3, -0.25) is 0 Å². The zero-order valence-electron chi connectivity index (χ0n) is 7.29. The molecule has 4 heteroatoms. The first-order valence-electron chi connectivity index (χ1n) is 4.31. The van der Waals surface area contributed by atoms with Crippen LogP contribution in [0.5, 0.6) is 0 Å². The lowest BCUT2D eigenvalue weighted by Crippen LogP contribution is -1.97. The molecule has 0 saturated carbocycles. The van der Waals surface area contributed by atoms with E-state index in [1.54, 1.807) is 0 Å². The van der Waals surface area contributed by atoms with Gasteiger partial charge in [0.2, 0.25) is 0 Å². The van der Waals surface area contributed by atoms with Gasteiger partial charge in [0.15, 0.2) is 0 Å². The second kappa shape index (κ2) is 8.97. The van der Waals surface area contributed by atoms with Gasteiger partial charge in [0.1, 0.15) is 0 Å². The lowest BCUT2D eigenvalue weighted by molar-refractivity contribution is 1.43. The second-order valence-corrected chi connectivity index (χ2v) is 7.35. The average molecular weight is 240 g/mol. The molecule has 2 aliphatic rings. The smallest absolute Gasteiger partial charge is 0.00238 e. The Balaban J connectivity index is 0.000000120. The minimum atomic E-state index is 1.38. The first-order chi connectivity index (χ1) is 6.00. The van der Waals surface area contributed by atoms with Gasteiger partial charge in [-0.1, -0.05) is 0 Å². The lowest BCUT2D eigenvalue weighted by Gasteiger charge is -2.05. The molecule has 2 saturated heterocycles. The molecule has 0 spiro atoms. The monoisotopic (exact) mass is 240 g/mol. The number of hydrogen-bond acceptors (Lipinski definition) is 4. The summed E-state index contributed by atoms with van der Waals surface area (Å²) in [6.45, 7) is 0. The highest BCUT2D eigenvalue weighted by Crippen LogP contribution is 2.15. The predicted molar refractivity (Wildman–Crippen MR) is 69.3 cm³/mol. The molecule has 0 unspecified atom stereocenters. The Morgan fingerprint density at radius 3 is 0.583 bits per heavy atom. The minimum Gasteiger partial charge on any atom is -0.160 e. The van der Waals surface area contributed by atoms with Crippen LogP contribution in [-0.2, 0) is 0 Å². The number of thioether (sulfide) groups is 4. The summed E-state index contributed by atoms with van der Waals surface area (Å²) in [6.07, 6.45) is 0. The van der Waals surface area contributed by atoms with Crippen LogP contribution in [0.15, 0.2) is 0 Å². The maximum Gasteiger partial charge on any atom is 0.00238 e. The SMILES string of the molecule is C1CSCCS1.C1CSCCS1. The van der Waals surface area contributed by atoms with Gasteiger partial charge in [-0.2, -0.15) is 47.0 Å². The molecule has 0 N–H and O–H groups in total. The van der Waals surface area contributed by atoms with Crippen molar-refractivity contribution in [1.29, 1.82) is 0 Å². The molecule has 2 rings (SSSR count). The standard InChI is InChI=1S/2C4H8S2/c2*1-2-6-4-3-5-1/h2*1-4H2. The van der Waals surface area contributed by atoms with Crippen LogP contribution in [0, 0.1) is 0 Å². The van der Waals surface area contributed by atoms with E-state index >= 15 is 0 Å². The Labute approximate surface area is 92.8 Å². The third kappa shape index (κ3) is 6.87. The second-order valence-electron chi connectivity index (χ2n) is 2.45. The maximum atomic E-state index is 2.07. The Morgan fingerprint density at radius 1 is 0.333 bits per heavy atom. The Kier molecular flexibility index (Phi) is 8.58. The zero-order valence-corrected chi connectivity index (χ0v) is 10.6. The van der Waals surface area contributed by atoms with Crippen molar-refractivity contribution in [1.82, 2.24) is 0 Å². The van der Waals surface area contributed by atoms with Gasteiger partial charge in [-0.25, -0.2) is 0 Å². The highest BCUT2D eigenvalue weighted by atomic mass is 32.2. The van der Waals surface area contributed by atoms with Crippen LogP contribution in [0.3, 0.4) is 0 Å². The van der Waals surface area contributed by atoms with Crippen molar-refractivity contribution >= 4 is 47.0 Å². The van der Waals surface area contributed by atoms with Crippen molar-refractivity contribution in [3.8, 4) is 0 Å².